The Morgan fingerprint density at radius 3 is 2.70 bits per heavy atom. The molecule has 20 heavy (non-hydrogen) atoms. The van der Waals surface area contributed by atoms with Gasteiger partial charge in [-0.3, -0.25) is 0 Å². The summed E-state index contributed by atoms with van der Waals surface area (Å²) in [5, 5.41) is 3.65. The minimum Gasteiger partial charge on any atom is -0.314 e. The fourth-order valence-electron chi connectivity index (χ4n) is 2.71. The van der Waals surface area contributed by atoms with Crippen molar-refractivity contribution in [2.45, 2.75) is 65.3 Å². The highest BCUT2D eigenvalue weighted by atomic mass is 14.9. The molecule has 1 heteroatoms. The largest absolute Gasteiger partial charge is 0.314 e. The Bertz CT molecular complexity index is 395. The van der Waals surface area contributed by atoms with Crippen LogP contribution >= 0.6 is 0 Å². The molecule has 0 amide bonds. The zero-order valence-corrected chi connectivity index (χ0v) is 13.5. The lowest BCUT2D eigenvalue weighted by Crippen LogP contribution is -2.31. The van der Waals surface area contributed by atoms with Gasteiger partial charge in [0.25, 0.3) is 0 Å². The first-order valence-corrected chi connectivity index (χ1v) is 8.07. The van der Waals surface area contributed by atoms with Gasteiger partial charge >= 0.3 is 0 Å². The Kier molecular flexibility index (Phi) is 8.29. The van der Waals surface area contributed by atoms with Crippen molar-refractivity contribution in [3.8, 4) is 0 Å². The second kappa shape index (κ2) is 9.77. The van der Waals surface area contributed by atoms with Crippen LogP contribution in [0.15, 0.2) is 30.9 Å². The lowest BCUT2D eigenvalue weighted by molar-refractivity contribution is 0.464. The van der Waals surface area contributed by atoms with Crippen molar-refractivity contribution in [3.63, 3.8) is 0 Å². The molecule has 0 bridgehead atoms. The van der Waals surface area contributed by atoms with Crippen LogP contribution in [-0.4, -0.2) is 12.6 Å². The van der Waals surface area contributed by atoms with E-state index in [1.807, 2.05) is 6.08 Å². The monoisotopic (exact) mass is 273 g/mol. The maximum Gasteiger partial charge on any atom is 0.0107 e. The molecule has 1 unspecified atom stereocenters. The summed E-state index contributed by atoms with van der Waals surface area (Å²) >= 11 is 0. The van der Waals surface area contributed by atoms with Crippen LogP contribution < -0.4 is 5.32 Å². The van der Waals surface area contributed by atoms with Crippen molar-refractivity contribution in [2.24, 2.45) is 0 Å². The standard InChI is InChI=1S/C19H31N/c1-5-7-8-9-10-11-19(20-6-2)15-18-14-16(3)12-13-17(18)4/h5,12-14,19-20H,1,6-11,15H2,2-4H3. The van der Waals surface area contributed by atoms with Gasteiger partial charge in [0, 0.05) is 6.04 Å². The molecule has 1 nitrogen and oxygen atoms in total. The minimum atomic E-state index is 0.615. The molecule has 0 aromatic heterocycles. The van der Waals surface area contributed by atoms with Crippen LogP contribution in [0.25, 0.3) is 0 Å². The number of nitrogens with one attached hydrogen (secondary N) is 1. The molecule has 0 aliphatic heterocycles. The molecule has 0 spiro atoms. The molecular weight excluding hydrogens is 242 g/mol. The molecule has 0 aliphatic carbocycles. The highest BCUT2D eigenvalue weighted by molar-refractivity contribution is 5.31. The Balaban J connectivity index is 2.48. The number of likely N-dealkylation sites (N-methyl/N-ethyl adjacent to an activating group) is 1. The van der Waals surface area contributed by atoms with Crippen LogP contribution in [0.4, 0.5) is 0 Å². The summed E-state index contributed by atoms with van der Waals surface area (Å²) in [6.45, 7) is 11.4. The number of benzene rings is 1. The zero-order valence-electron chi connectivity index (χ0n) is 13.5. The van der Waals surface area contributed by atoms with Gasteiger partial charge in [-0.15, -0.1) is 6.58 Å². The third kappa shape index (κ3) is 6.38. The van der Waals surface area contributed by atoms with E-state index in [-0.39, 0.29) is 0 Å². The lowest BCUT2D eigenvalue weighted by atomic mass is 9.95. The van der Waals surface area contributed by atoms with Crippen LogP contribution in [0.3, 0.4) is 0 Å². The predicted molar refractivity (Wildman–Crippen MR) is 90.4 cm³/mol. The van der Waals surface area contributed by atoms with E-state index in [0.29, 0.717) is 6.04 Å². The van der Waals surface area contributed by atoms with Crippen LogP contribution in [0, 0.1) is 13.8 Å². The molecule has 0 saturated heterocycles. The van der Waals surface area contributed by atoms with Crippen LogP contribution in [0.2, 0.25) is 0 Å². The summed E-state index contributed by atoms with van der Waals surface area (Å²) in [4.78, 5) is 0. The SMILES string of the molecule is C=CCCCCCC(Cc1cc(C)ccc1C)NCC. The smallest absolute Gasteiger partial charge is 0.0107 e. The molecule has 1 rings (SSSR count). The van der Waals surface area contributed by atoms with Gasteiger partial charge in [0.05, 0.1) is 0 Å². The van der Waals surface area contributed by atoms with Crippen molar-refractivity contribution in [1.29, 1.82) is 0 Å². The van der Waals surface area contributed by atoms with Gasteiger partial charge in [-0.1, -0.05) is 49.6 Å². The summed E-state index contributed by atoms with van der Waals surface area (Å²) in [5.41, 5.74) is 4.29. The maximum absolute atomic E-state index is 3.78. The molecule has 112 valence electrons. The van der Waals surface area contributed by atoms with Gasteiger partial charge in [-0.25, -0.2) is 0 Å². The Hall–Kier alpha value is -1.08. The summed E-state index contributed by atoms with van der Waals surface area (Å²) in [6, 6.07) is 7.41. The van der Waals surface area contributed by atoms with Crippen molar-refractivity contribution in [3.05, 3.63) is 47.5 Å². The van der Waals surface area contributed by atoms with Crippen LogP contribution in [-0.2, 0) is 6.42 Å². The van der Waals surface area contributed by atoms with E-state index in [0.717, 1.165) is 19.4 Å². The van der Waals surface area contributed by atoms with Gasteiger partial charge in [-0.05, 0) is 57.2 Å². The summed E-state index contributed by atoms with van der Waals surface area (Å²) in [5.74, 6) is 0. The highest BCUT2D eigenvalue weighted by Gasteiger charge is 2.10. The topological polar surface area (TPSA) is 12.0 Å². The fourth-order valence-corrected chi connectivity index (χ4v) is 2.71. The van der Waals surface area contributed by atoms with E-state index in [1.54, 1.807) is 0 Å². The van der Waals surface area contributed by atoms with E-state index >= 15 is 0 Å². The third-order valence-electron chi connectivity index (χ3n) is 3.92. The Morgan fingerprint density at radius 2 is 2.00 bits per heavy atom. The molecule has 0 saturated carbocycles. The second-order valence-corrected chi connectivity index (χ2v) is 5.82. The first-order valence-electron chi connectivity index (χ1n) is 8.07. The first kappa shape index (κ1) is 17.0. The van der Waals surface area contributed by atoms with Crippen molar-refractivity contribution >= 4 is 0 Å². The third-order valence-corrected chi connectivity index (χ3v) is 3.92. The van der Waals surface area contributed by atoms with E-state index < -0.39 is 0 Å². The van der Waals surface area contributed by atoms with Gasteiger partial charge in [0.2, 0.25) is 0 Å². The fraction of sp³-hybridized carbons (Fsp3) is 0.579. The number of aryl methyl sites for hydroxylation is 2. The summed E-state index contributed by atoms with van der Waals surface area (Å²) in [7, 11) is 0. The van der Waals surface area contributed by atoms with E-state index in [9.17, 15) is 0 Å². The minimum absolute atomic E-state index is 0.615. The summed E-state index contributed by atoms with van der Waals surface area (Å²) < 4.78 is 0. The average molecular weight is 273 g/mol. The molecule has 1 atom stereocenters. The normalized spacial score (nSPS) is 12.3. The van der Waals surface area contributed by atoms with Gasteiger partial charge in [-0.2, -0.15) is 0 Å². The van der Waals surface area contributed by atoms with Gasteiger partial charge in [0.1, 0.15) is 0 Å². The van der Waals surface area contributed by atoms with Crippen molar-refractivity contribution < 1.29 is 0 Å². The Labute approximate surface area is 125 Å². The molecule has 0 fully saturated rings. The molecule has 0 radical (unpaired) electrons. The van der Waals surface area contributed by atoms with E-state index in [4.69, 9.17) is 0 Å². The maximum atomic E-state index is 3.78. The van der Waals surface area contributed by atoms with Crippen LogP contribution in [0.5, 0.6) is 0 Å². The second-order valence-electron chi connectivity index (χ2n) is 5.82. The molecule has 0 aliphatic rings. The van der Waals surface area contributed by atoms with Gasteiger partial charge < -0.3 is 5.32 Å². The quantitative estimate of drug-likeness (QED) is 0.469. The van der Waals surface area contributed by atoms with Gasteiger partial charge in [0.15, 0.2) is 0 Å². The molecule has 1 aromatic rings. The summed E-state index contributed by atoms with van der Waals surface area (Å²) in [6.07, 6.45) is 9.53. The Morgan fingerprint density at radius 1 is 1.20 bits per heavy atom. The number of unbranched alkanes of at least 4 members (excludes halogenated alkanes) is 3. The lowest BCUT2D eigenvalue weighted by Gasteiger charge is -2.19. The molecular formula is C19H31N. The number of rotatable bonds is 10. The average Bonchev–Trinajstić information content (AvgIpc) is 2.42. The van der Waals surface area contributed by atoms with Crippen molar-refractivity contribution in [2.75, 3.05) is 6.54 Å². The molecule has 1 aromatic carbocycles. The number of allylic oxidation sites excluding steroid dienone is 1. The molecule has 1 N–H and O–H groups in total. The van der Waals surface area contributed by atoms with Crippen molar-refractivity contribution in [1.82, 2.24) is 5.32 Å². The highest BCUT2D eigenvalue weighted by Crippen LogP contribution is 2.16. The zero-order chi connectivity index (χ0) is 14.8. The number of hydrogen-bond acceptors (Lipinski definition) is 1. The molecule has 0 heterocycles. The van der Waals surface area contributed by atoms with E-state index in [2.05, 4.69) is 50.9 Å². The predicted octanol–water partition coefficient (Wildman–Crippen LogP) is 4.96. The first-order chi connectivity index (χ1) is 9.67. The van der Waals surface area contributed by atoms with Crippen LogP contribution in [0.1, 0.15) is 55.7 Å². The number of hydrogen-bond donors (Lipinski definition) is 1. The van der Waals surface area contributed by atoms with E-state index in [1.165, 1.54) is 42.4 Å².